The second-order valence-corrected chi connectivity index (χ2v) is 6.22. The van der Waals surface area contributed by atoms with E-state index in [9.17, 15) is 9.90 Å². The molecule has 3 rings (SSSR count). The van der Waals surface area contributed by atoms with Crippen LogP contribution in [0, 0.1) is 6.92 Å². The van der Waals surface area contributed by atoms with Gasteiger partial charge in [0.2, 0.25) is 0 Å². The lowest BCUT2D eigenvalue weighted by atomic mass is 10.1. The quantitative estimate of drug-likeness (QED) is 0.792. The molecule has 0 bridgehead atoms. The summed E-state index contributed by atoms with van der Waals surface area (Å²) in [5.41, 5.74) is 9.26. The molecule has 0 radical (unpaired) electrons. The molecule has 22 heavy (non-hydrogen) atoms. The molecule has 116 valence electrons. The maximum absolute atomic E-state index is 11.8. The lowest BCUT2D eigenvalue weighted by Gasteiger charge is -2.31. The fraction of sp³-hybridized carbons (Fsp3) is 0.333. The minimum atomic E-state index is -1.19. The van der Waals surface area contributed by atoms with Crippen molar-refractivity contribution in [2.75, 3.05) is 18.2 Å². The summed E-state index contributed by atoms with van der Waals surface area (Å²) in [5.74, 6) is -0.532. The van der Waals surface area contributed by atoms with E-state index in [1.54, 1.807) is 12.5 Å². The van der Waals surface area contributed by atoms with Crippen molar-refractivity contribution in [3.8, 4) is 0 Å². The van der Waals surface area contributed by atoms with Crippen molar-refractivity contribution in [2.24, 2.45) is 10.7 Å². The third kappa shape index (κ3) is 2.08. The number of hydrogen-bond acceptors (Lipinski definition) is 5. The van der Waals surface area contributed by atoms with Crippen molar-refractivity contribution in [1.29, 1.82) is 0 Å². The van der Waals surface area contributed by atoms with Crippen molar-refractivity contribution in [3.05, 3.63) is 29.5 Å². The molecule has 2 heterocycles. The van der Waals surface area contributed by atoms with Crippen LogP contribution in [-0.4, -0.2) is 39.7 Å². The molecule has 1 aromatic carbocycles. The Morgan fingerprint density at radius 2 is 2.32 bits per heavy atom. The molecule has 1 aliphatic rings. The SMILES string of the molecule is CSC1(C(N)=O)N=Cc2ccc3cc(C)n(CCO)c3c2N1. The van der Waals surface area contributed by atoms with Crippen LogP contribution >= 0.6 is 11.8 Å². The summed E-state index contributed by atoms with van der Waals surface area (Å²) in [5, 5.41) is 13.6. The summed E-state index contributed by atoms with van der Waals surface area (Å²) < 4.78 is 2.03. The van der Waals surface area contributed by atoms with Gasteiger partial charge in [-0.1, -0.05) is 12.1 Å². The van der Waals surface area contributed by atoms with E-state index in [1.165, 1.54) is 11.8 Å². The van der Waals surface area contributed by atoms with Gasteiger partial charge in [-0.2, -0.15) is 0 Å². The fourth-order valence-electron chi connectivity index (χ4n) is 2.83. The van der Waals surface area contributed by atoms with Gasteiger partial charge < -0.3 is 20.7 Å². The van der Waals surface area contributed by atoms with E-state index in [1.807, 2.05) is 23.6 Å². The summed E-state index contributed by atoms with van der Waals surface area (Å²) >= 11 is 1.26. The number of benzene rings is 1. The van der Waals surface area contributed by atoms with Crippen LogP contribution in [0.1, 0.15) is 11.3 Å². The highest BCUT2D eigenvalue weighted by Gasteiger charge is 2.38. The number of aryl methyl sites for hydroxylation is 1. The number of aromatic nitrogens is 1. The van der Waals surface area contributed by atoms with E-state index in [0.29, 0.717) is 6.54 Å². The highest BCUT2D eigenvalue weighted by Crippen LogP contribution is 2.37. The van der Waals surface area contributed by atoms with E-state index >= 15 is 0 Å². The van der Waals surface area contributed by atoms with Gasteiger partial charge in [-0.15, -0.1) is 11.8 Å². The lowest BCUT2D eigenvalue weighted by molar-refractivity contribution is -0.119. The number of thioether (sulfide) groups is 1. The van der Waals surface area contributed by atoms with Gasteiger partial charge in [0.05, 0.1) is 17.8 Å². The molecule has 1 aromatic heterocycles. The van der Waals surface area contributed by atoms with Gasteiger partial charge in [0, 0.05) is 29.4 Å². The van der Waals surface area contributed by atoms with Crippen LogP contribution in [-0.2, 0) is 11.3 Å². The van der Waals surface area contributed by atoms with Gasteiger partial charge in [0.25, 0.3) is 10.9 Å². The minimum Gasteiger partial charge on any atom is -0.395 e. The molecule has 4 N–H and O–H groups in total. The molecule has 6 nitrogen and oxygen atoms in total. The third-order valence-electron chi connectivity index (χ3n) is 3.93. The van der Waals surface area contributed by atoms with E-state index in [-0.39, 0.29) is 6.61 Å². The van der Waals surface area contributed by atoms with Gasteiger partial charge in [-0.25, -0.2) is 4.99 Å². The predicted molar refractivity (Wildman–Crippen MR) is 90.4 cm³/mol. The van der Waals surface area contributed by atoms with Gasteiger partial charge in [-0.3, -0.25) is 4.79 Å². The van der Waals surface area contributed by atoms with Crippen LogP contribution in [0.2, 0.25) is 0 Å². The standard InChI is InChI=1S/C15H18N4O2S/c1-9-7-10-3-4-11-8-17-15(22-2,14(16)21)18-12(11)13(10)19(9)5-6-20/h3-4,7-8,18,20H,5-6H2,1-2H3,(H2,16,21). The third-order valence-corrected chi connectivity index (χ3v) is 4.93. The number of aliphatic hydroxyl groups excluding tert-OH is 1. The Kier molecular flexibility index (Phi) is 3.62. The number of carbonyl (C=O) groups is 1. The lowest BCUT2D eigenvalue weighted by Crippen LogP contribution is -2.47. The highest BCUT2D eigenvalue weighted by molar-refractivity contribution is 8.00. The number of anilines is 1. The number of carbonyl (C=O) groups excluding carboxylic acids is 1. The number of nitrogens with one attached hydrogen (secondary N) is 1. The molecule has 0 aliphatic carbocycles. The first-order valence-electron chi connectivity index (χ1n) is 6.94. The second-order valence-electron chi connectivity index (χ2n) is 5.22. The van der Waals surface area contributed by atoms with E-state index < -0.39 is 10.9 Å². The van der Waals surface area contributed by atoms with Gasteiger partial charge >= 0.3 is 0 Å². The molecule has 0 fully saturated rings. The summed E-state index contributed by atoms with van der Waals surface area (Å²) in [6, 6.07) is 6.03. The summed E-state index contributed by atoms with van der Waals surface area (Å²) in [6.07, 6.45) is 3.47. The highest BCUT2D eigenvalue weighted by atomic mass is 32.2. The van der Waals surface area contributed by atoms with Crippen LogP contribution in [0.3, 0.4) is 0 Å². The first kappa shape index (κ1) is 14.9. The summed E-state index contributed by atoms with van der Waals surface area (Å²) in [7, 11) is 0. The maximum atomic E-state index is 11.8. The molecule has 2 aromatic rings. The zero-order valence-corrected chi connectivity index (χ0v) is 13.3. The molecule has 0 saturated heterocycles. The van der Waals surface area contributed by atoms with E-state index in [0.717, 1.165) is 27.8 Å². The maximum Gasteiger partial charge on any atom is 0.277 e. The van der Waals surface area contributed by atoms with Crippen molar-refractivity contribution in [3.63, 3.8) is 0 Å². The number of nitrogens with two attached hydrogens (primary N) is 1. The summed E-state index contributed by atoms with van der Waals surface area (Å²) in [4.78, 5) is 15.0. The summed E-state index contributed by atoms with van der Waals surface area (Å²) in [6.45, 7) is 2.54. The number of hydrogen-bond donors (Lipinski definition) is 3. The number of fused-ring (bicyclic) bond motifs is 3. The Labute approximate surface area is 132 Å². The molecular weight excluding hydrogens is 300 g/mol. The van der Waals surface area contributed by atoms with Crippen LogP contribution in [0.25, 0.3) is 10.9 Å². The molecule has 1 atom stereocenters. The van der Waals surface area contributed by atoms with Crippen LogP contribution in [0.5, 0.6) is 0 Å². The van der Waals surface area contributed by atoms with Crippen LogP contribution in [0.4, 0.5) is 5.69 Å². The number of amides is 1. The first-order valence-corrected chi connectivity index (χ1v) is 8.17. The first-order chi connectivity index (χ1) is 10.5. The van der Waals surface area contributed by atoms with E-state index in [2.05, 4.69) is 16.4 Å². The zero-order valence-electron chi connectivity index (χ0n) is 12.5. The smallest absolute Gasteiger partial charge is 0.277 e. The monoisotopic (exact) mass is 318 g/mol. The topological polar surface area (TPSA) is 92.6 Å². The molecule has 7 heteroatoms. The van der Waals surface area contributed by atoms with Gasteiger partial charge in [0.1, 0.15) is 0 Å². The zero-order chi connectivity index (χ0) is 15.9. The van der Waals surface area contributed by atoms with Crippen molar-refractivity contribution < 1.29 is 9.90 Å². The Morgan fingerprint density at radius 3 is 2.95 bits per heavy atom. The normalized spacial score (nSPS) is 20.0. The number of primary amides is 1. The van der Waals surface area contributed by atoms with E-state index in [4.69, 9.17) is 5.73 Å². The van der Waals surface area contributed by atoms with Crippen molar-refractivity contribution in [2.45, 2.75) is 18.5 Å². The van der Waals surface area contributed by atoms with Gasteiger partial charge in [-0.05, 0) is 19.2 Å². The minimum absolute atomic E-state index is 0.0475. The Morgan fingerprint density at radius 1 is 1.55 bits per heavy atom. The average molecular weight is 318 g/mol. The molecule has 1 aliphatic heterocycles. The largest absolute Gasteiger partial charge is 0.395 e. The second kappa shape index (κ2) is 5.33. The van der Waals surface area contributed by atoms with Crippen molar-refractivity contribution >= 4 is 40.5 Å². The van der Waals surface area contributed by atoms with Gasteiger partial charge in [0.15, 0.2) is 0 Å². The molecular formula is C15H18N4O2S. The number of aliphatic imine (C=N–C) groups is 1. The number of nitrogens with zero attached hydrogens (tertiary/aromatic N) is 2. The molecule has 1 unspecified atom stereocenters. The van der Waals surface area contributed by atoms with Crippen LogP contribution < -0.4 is 11.1 Å². The molecule has 0 spiro atoms. The Balaban J connectivity index is 2.25. The van der Waals surface area contributed by atoms with Crippen molar-refractivity contribution in [1.82, 2.24) is 4.57 Å². The Hall–Kier alpha value is -1.99. The number of aliphatic hydroxyl groups is 1. The molecule has 1 amide bonds. The Bertz CT molecular complexity index is 783. The molecule has 0 saturated carbocycles. The number of rotatable bonds is 4. The average Bonchev–Trinajstić information content (AvgIpc) is 2.83. The fourth-order valence-corrected chi connectivity index (χ4v) is 3.39. The predicted octanol–water partition coefficient (Wildman–Crippen LogP) is 1.29. The van der Waals surface area contributed by atoms with Crippen LogP contribution in [0.15, 0.2) is 23.2 Å².